The molecular formula is C25H24Cl2N2O. The van der Waals surface area contributed by atoms with Gasteiger partial charge in [0.1, 0.15) is 11.6 Å². The molecule has 0 bridgehead atoms. The van der Waals surface area contributed by atoms with Crippen LogP contribution in [0.2, 0.25) is 0 Å². The van der Waals surface area contributed by atoms with Gasteiger partial charge in [0.15, 0.2) is 0 Å². The Kier molecular flexibility index (Phi) is 6.31. The smallest absolute Gasteiger partial charge is 0.130 e. The number of H-pyrrole nitrogens is 1. The molecule has 3 nitrogen and oxygen atoms in total. The second-order valence-electron chi connectivity index (χ2n) is 7.60. The van der Waals surface area contributed by atoms with E-state index in [0.29, 0.717) is 11.0 Å². The molecule has 1 aromatic heterocycles. The predicted octanol–water partition coefficient (Wildman–Crippen LogP) is 7.00. The largest absolute Gasteiger partial charge is 0.497 e. The fourth-order valence-electron chi connectivity index (χ4n) is 3.81. The molecule has 2 atom stereocenters. The van der Waals surface area contributed by atoms with Crippen molar-refractivity contribution in [1.82, 2.24) is 9.97 Å². The zero-order chi connectivity index (χ0) is 21.1. The molecule has 1 heterocycles. The van der Waals surface area contributed by atoms with Gasteiger partial charge in [-0.15, -0.1) is 11.6 Å². The topological polar surface area (TPSA) is 37.9 Å². The van der Waals surface area contributed by atoms with Crippen molar-refractivity contribution < 1.29 is 4.74 Å². The van der Waals surface area contributed by atoms with Crippen LogP contribution in [0.5, 0.6) is 5.75 Å². The van der Waals surface area contributed by atoms with Crippen LogP contribution in [0.15, 0.2) is 71.4 Å². The number of ether oxygens (including phenoxy) is 1. The second kappa shape index (κ2) is 9.11. The van der Waals surface area contributed by atoms with E-state index in [9.17, 15) is 0 Å². The molecule has 0 spiro atoms. The first kappa shape index (κ1) is 20.8. The minimum absolute atomic E-state index is 0.0420. The summed E-state index contributed by atoms with van der Waals surface area (Å²) in [5, 5.41) is 0.625. The van der Waals surface area contributed by atoms with Gasteiger partial charge in [0, 0.05) is 10.6 Å². The van der Waals surface area contributed by atoms with Crippen LogP contribution in [0.4, 0.5) is 0 Å². The minimum atomic E-state index is -0.0420. The number of nitrogens with zero attached hydrogens (tertiary/aromatic N) is 1. The summed E-state index contributed by atoms with van der Waals surface area (Å²) in [5.74, 6) is 2.12. The van der Waals surface area contributed by atoms with E-state index >= 15 is 0 Å². The third-order valence-electron chi connectivity index (χ3n) is 5.45. The lowest BCUT2D eigenvalue weighted by Crippen LogP contribution is -2.04. The average molecular weight is 439 g/mol. The lowest BCUT2D eigenvalue weighted by Gasteiger charge is -2.21. The van der Waals surface area contributed by atoms with E-state index in [1.807, 2.05) is 30.5 Å². The highest BCUT2D eigenvalue weighted by atomic mass is 35.5. The van der Waals surface area contributed by atoms with Gasteiger partial charge in [-0.25, -0.2) is 4.98 Å². The first-order valence-electron chi connectivity index (χ1n) is 10.0. The normalized spacial score (nSPS) is 21.7. The number of imidazole rings is 1. The van der Waals surface area contributed by atoms with Crippen molar-refractivity contribution in [3.8, 4) is 5.75 Å². The number of aromatic amines is 1. The van der Waals surface area contributed by atoms with Gasteiger partial charge in [-0.2, -0.15) is 0 Å². The summed E-state index contributed by atoms with van der Waals surface area (Å²) in [6, 6.07) is 8.25. The maximum Gasteiger partial charge on any atom is 0.130 e. The molecule has 0 amide bonds. The first-order chi connectivity index (χ1) is 14.5. The van der Waals surface area contributed by atoms with Crippen molar-refractivity contribution in [1.29, 1.82) is 0 Å². The Morgan fingerprint density at radius 3 is 2.67 bits per heavy atom. The maximum absolute atomic E-state index is 6.34. The first-order valence-corrected chi connectivity index (χ1v) is 10.9. The number of benzene rings is 1. The van der Waals surface area contributed by atoms with Gasteiger partial charge in [-0.05, 0) is 59.8 Å². The highest BCUT2D eigenvalue weighted by Crippen LogP contribution is 2.34. The van der Waals surface area contributed by atoms with Crippen molar-refractivity contribution in [2.45, 2.75) is 25.1 Å². The van der Waals surface area contributed by atoms with Crippen LogP contribution in [-0.4, -0.2) is 22.5 Å². The van der Waals surface area contributed by atoms with E-state index in [1.54, 1.807) is 7.11 Å². The van der Waals surface area contributed by atoms with E-state index in [-0.39, 0.29) is 5.38 Å². The van der Waals surface area contributed by atoms with Crippen molar-refractivity contribution in [2.24, 2.45) is 5.92 Å². The molecule has 0 saturated heterocycles. The third kappa shape index (κ3) is 4.63. The summed E-state index contributed by atoms with van der Waals surface area (Å²) in [7, 11) is 1.69. The highest BCUT2D eigenvalue weighted by molar-refractivity contribution is 6.38. The number of halogens is 2. The number of nitrogens with one attached hydrogen (secondary N) is 1. The van der Waals surface area contributed by atoms with Gasteiger partial charge < -0.3 is 9.72 Å². The number of methoxy groups -OCH3 is 1. The van der Waals surface area contributed by atoms with Gasteiger partial charge in [0.25, 0.3) is 0 Å². The summed E-state index contributed by atoms with van der Waals surface area (Å²) in [5.41, 5.74) is 5.73. The molecule has 154 valence electrons. The van der Waals surface area contributed by atoms with Crippen LogP contribution in [0.1, 0.15) is 36.8 Å². The van der Waals surface area contributed by atoms with E-state index in [1.165, 1.54) is 16.7 Å². The number of aromatic nitrogens is 2. The molecule has 2 aromatic rings. The fraction of sp³-hybridized carbons (Fsp3) is 0.240. The minimum Gasteiger partial charge on any atom is -0.497 e. The Morgan fingerprint density at radius 1 is 1.17 bits per heavy atom. The number of hydrogen-bond acceptors (Lipinski definition) is 2. The molecule has 2 aliphatic carbocycles. The summed E-state index contributed by atoms with van der Waals surface area (Å²) >= 11 is 12.5. The maximum atomic E-state index is 6.34. The van der Waals surface area contributed by atoms with Crippen molar-refractivity contribution in [2.75, 3.05) is 7.11 Å². The molecule has 1 N–H and O–H groups in total. The van der Waals surface area contributed by atoms with Crippen LogP contribution in [0.25, 0.3) is 17.2 Å². The van der Waals surface area contributed by atoms with Crippen molar-refractivity contribution in [3.63, 3.8) is 0 Å². The van der Waals surface area contributed by atoms with Gasteiger partial charge in [0.2, 0.25) is 0 Å². The third-order valence-corrected chi connectivity index (χ3v) is 6.08. The molecule has 2 aliphatic rings. The number of allylic oxidation sites excluding steroid dienone is 9. The zero-order valence-electron chi connectivity index (χ0n) is 17.0. The lowest BCUT2D eigenvalue weighted by atomic mass is 9.84. The number of alkyl halides is 1. The summed E-state index contributed by atoms with van der Waals surface area (Å²) in [6.45, 7) is 2.26. The Morgan fingerprint density at radius 2 is 1.97 bits per heavy atom. The predicted molar refractivity (Wildman–Crippen MR) is 127 cm³/mol. The fourth-order valence-corrected chi connectivity index (χ4v) is 4.42. The molecule has 5 heteroatoms. The Hall–Kier alpha value is -2.49. The lowest BCUT2D eigenvalue weighted by molar-refractivity contribution is 0.415. The second-order valence-corrected chi connectivity index (χ2v) is 8.56. The van der Waals surface area contributed by atoms with Crippen molar-refractivity contribution in [3.05, 3.63) is 88.5 Å². The average Bonchev–Trinajstić information content (AvgIpc) is 3.21. The van der Waals surface area contributed by atoms with E-state index in [2.05, 4.69) is 53.3 Å². The monoisotopic (exact) mass is 438 g/mol. The number of hydrogen-bond donors (Lipinski definition) is 1. The zero-order valence-corrected chi connectivity index (χ0v) is 18.5. The molecule has 30 heavy (non-hydrogen) atoms. The molecule has 1 aromatic carbocycles. The standard InChI is InChI=1S/C25H24Cl2N2O/c1-16-13-17(3-10-21(16)18-5-8-20(30-2)9-6-18)4-12-25-28-15-24(29-25)22-11-7-19(26)14-23(22)27/h3-6,8-12,14-16,19H,7,13H2,1-2H3,(H,28,29)/b12-4+. The molecule has 2 unspecified atom stereocenters. The van der Waals surface area contributed by atoms with Gasteiger partial charge >= 0.3 is 0 Å². The Bertz CT molecular complexity index is 1070. The van der Waals surface area contributed by atoms with Crippen LogP contribution in [-0.2, 0) is 0 Å². The highest BCUT2D eigenvalue weighted by Gasteiger charge is 2.17. The molecule has 4 rings (SSSR count). The molecule has 0 radical (unpaired) electrons. The van der Waals surface area contributed by atoms with Crippen molar-refractivity contribution >= 4 is 40.4 Å². The molecule has 0 aliphatic heterocycles. The Labute approximate surface area is 187 Å². The van der Waals surface area contributed by atoms with E-state index < -0.39 is 0 Å². The van der Waals surface area contributed by atoms with Crippen LogP contribution < -0.4 is 4.74 Å². The van der Waals surface area contributed by atoms with E-state index in [4.69, 9.17) is 27.9 Å². The summed E-state index contributed by atoms with van der Waals surface area (Å²) in [6.07, 6.45) is 16.0. The SMILES string of the molecule is COc1ccc(C2=CC=C(/C=C/c3ncc(C4=CCC(Cl)C=C4Cl)[nH]3)CC2C)cc1. The molecule has 0 fully saturated rings. The van der Waals surface area contributed by atoms with Gasteiger partial charge in [-0.1, -0.05) is 55.0 Å². The quantitative estimate of drug-likeness (QED) is 0.510. The summed E-state index contributed by atoms with van der Waals surface area (Å²) < 4.78 is 5.26. The van der Waals surface area contributed by atoms with Gasteiger partial charge in [-0.3, -0.25) is 0 Å². The Balaban J connectivity index is 1.47. The summed E-state index contributed by atoms with van der Waals surface area (Å²) in [4.78, 5) is 7.81. The number of rotatable bonds is 5. The van der Waals surface area contributed by atoms with Crippen LogP contribution >= 0.6 is 23.2 Å². The molecule has 0 saturated carbocycles. The van der Waals surface area contributed by atoms with Gasteiger partial charge in [0.05, 0.1) is 24.4 Å². The van der Waals surface area contributed by atoms with Crippen LogP contribution in [0.3, 0.4) is 0 Å². The van der Waals surface area contributed by atoms with Crippen LogP contribution in [0, 0.1) is 5.92 Å². The van der Waals surface area contributed by atoms with E-state index in [0.717, 1.165) is 35.7 Å². The molecular weight excluding hydrogens is 415 g/mol.